The van der Waals surface area contributed by atoms with E-state index in [0.717, 1.165) is 41.9 Å². The smallest absolute Gasteiger partial charge is 0.252 e. The third kappa shape index (κ3) is 5.74. The molecule has 0 bridgehead atoms. The number of nitrogens with zero attached hydrogens (tertiary/aromatic N) is 1. The highest BCUT2D eigenvalue weighted by atomic mass is 19.3. The number of carbonyl (C=O) groups excluding carboxylic acids is 2. The van der Waals surface area contributed by atoms with Gasteiger partial charge in [0.1, 0.15) is 17.7 Å². The van der Waals surface area contributed by atoms with Crippen LogP contribution >= 0.6 is 0 Å². The third-order valence-corrected chi connectivity index (χ3v) is 5.76. The summed E-state index contributed by atoms with van der Waals surface area (Å²) in [6, 6.07) is 0.818. The highest BCUT2D eigenvalue weighted by molar-refractivity contribution is 5.92. The fourth-order valence-electron chi connectivity index (χ4n) is 4.16. The monoisotopic (exact) mass is 438 g/mol. The number of nitrogens with one attached hydrogen (secondary N) is 1. The number of amides is 2. The van der Waals surface area contributed by atoms with E-state index in [0.29, 0.717) is 18.9 Å². The highest BCUT2D eigenvalue weighted by Gasteiger charge is 2.46. The summed E-state index contributed by atoms with van der Waals surface area (Å²) in [6.07, 6.45) is 6.95. The zero-order valence-electron chi connectivity index (χ0n) is 17.3. The average molecular weight is 438 g/mol. The second-order valence-corrected chi connectivity index (χ2v) is 8.05. The molecule has 0 aromatic heterocycles. The Morgan fingerprint density at radius 1 is 1.16 bits per heavy atom. The van der Waals surface area contributed by atoms with Crippen molar-refractivity contribution in [2.24, 2.45) is 0 Å². The average Bonchev–Trinajstić information content (AvgIpc) is 2.69. The van der Waals surface area contributed by atoms with E-state index >= 15 is 0 Å². The molecule has 2 aliphatic rings. The Labute approximate surface area is 179 Å². The van der Waals surface area contributed by atoms with Gasteiger partial charge in [0.15, 0.2) is 0 Å². The molecule has 1 aromatic rings. The SMILES string of the molecule is CCC1=CCCC=C1CCC(C(=O)NC1CC(F)(F)C1)N(C=O)c1cc(F)cc(F)c1. The summed E-state index contributed by atoms with van der Waals surface area (Å²) >= 11 is 0. The number of hydrogen-bond donors (Lipinski definition) is 1. The maximum Gasteiger partial charge on any atom is 0.252 e. The topological polar surface area (TPSA) is 49.4 Å². The van der Waals surface area contributed by atoms with Crippen LogP contribution in [0.1, 0.15) is 51.9 Å². The van der Waals surface area contributed by atoms with Gasteiger partial charge in [0, 0.05) is 24.9 Å². The Kier molecular flexibility index (Phi) is 7.18. The first-order valence-corrected chi connectivity index (χ1v) is 10.5. The molecule has 2 aliphatic carbocycles. The molecule has 4 nitrogen and oxygen atoms in total. The van der Waals surface area contributed by atoms with Crippen LogP contribution in [0.4, 0.5) is 23.2 Å². The lowest BCUT2D eigenvalue weighted by Crippen LogP contribution is -2.55. The van der Waals surface area contributed by atoms with Crippen molar-refractivity contribution in [2.45, 2.75) is 69.9 Å². The Hall–Kier alpha value is -2.64. The molecule has 1 N–H and O–H groups in total. The minimum Gasteiger partial charge on any atom is -0.351 e. The van der Waals surface area contributed by atoms with E-state index in [2.05, 4.69) is 17.5 Å². The predicted octanol–water partition coefficient (Wildman–Crippen LogP) is 5.05. The van der Waals surface area contributed by atoms with Crippen LogP contribution in [-0.4, -0.2) is 30.3 Å². The fourth-order valence-corrected chi connectivity index (χ4v) is 4.16. The summed E-state index contributed by atoms with van der Waals surface area (Å²) in [5.41, 5.74) is 2.13. The van der Waals surface area contributed by atoms with Gasteiger partial charge < -0.3 is 10.2 Å². The summed E-state index contributed by atoms with van der Waals surface area (Å²) < 4.78 is 53.8. The van der Waals surface area contributed by atoms with Gasteiger partial charge in [-0.2, -0.15) is 0 Å². The lowest BCUT2D eigenvalue weighted by Gasteiger charge is -2.37. The van der Waals surface area contributed by atoms with Gasteiger partial charge in [-0.25, -0.2) is 17.6 Å². The van der Waals surface area contributed by atoms with Crippen molar-refractivity contribution in [2.75, 3.05) is 4.90 Å². The number of carbonyl (C=O) groups is 2. The number of allylic oxidation sites excluding steroid dienone is 4. The summed E-state index contributed by atoms with van der Waals surface area (Å²) in [4.78, 5) is 25.8. The summed E-state index contributed by atoms with van der Waals surface area (Å²) in [6.45, 7) is 2.03. The zero-order chi connectivity index (χ0) is 22.6. The van der Waals surface area contributed by atoms with Crippen molar-refractivity contribution in [1.82, 2.24) is 5.32 Å². The van der Waals surface area contributed by atoms with E-state index < -0.39 is 48.4 Å². The fraction of sp³-hybridized carbons (Fsp3) is 0.478. The second-order valence-electron chi connectivity index (χ2n) is 8.05. The molecular formula is C23H26F4N2O2. The number of benzene rings is 1. The molecular weight excluding hydrogens is 412 g/mol. The van der Waals surface area contributed by atoms with Crippen molar-refractivity contribution >= 4 is 18.0 Å². The van der Waals surface area contributed by atoms with E-state index in [4.69, 9.17) is 0 Å². The van der Waals surface area contributed by atoms with E-state index in [1.54, 1.807) is 0 Å². The first-order chi connectivity index (χ1) is 14.7. The van der Waals surface area contributed by atoms with Crippen LogP contribution < -0.4 is 10.2 Å². The molecule has 8 heteroatoms. The van der Waals surface area contributed by atoms with Gasteiger partial charge >= 0.3 is 0 Å². The van der Waals surface area contributed by atoms with Crippen molar-refractivity contribution in [3.05, 3.63) is 53.1 Å². The van der Waals surface area contributed by atoms with E-state index in [-0.39, 0.29) is 12.1 Å². The first kappa shape index (κ1) is 23.0. The quantitative estimate of drug-likeness (QED) is 0.434. The lowest BCUT2D eigenvalue weighted by atomic mass is 9.87. The van der Waals surface area contributed by atoms with E-state index in [1.807, 2.05) is 6.92 Å². The van der Waals surface area contributed by atoms with Crippen molar-refractivity contribution in [3.63, 3.8) is 0 Å². The van der Waals surface area contributed by atoms with E-state index in [1.165, 1.54) is 5.57 Å². The highest BCUT2D eigenvalue weighted by Crippen LogP contribution is 2.37. The largest absolute Gasteiger partial charge is 0.351 e. The third-order valence-electron chi connectivity index (χ3n) is 5.76. The Morgan fingerprint density at radius 3 is 2.32 bits per heavy atom. The van der Waals surface area contributed by atoms with Crippen molar-refractivity contribution in [3.8, 4) is 0 Å². The van der Waals surface area contributed by atoms with Crippen molar-refractivity contribution < 1.29 is 27.2 Å². The zero-order valence-corrected chi connectivity index (χ0v) is 17.3. The van der Waals surface area contributed by atoms with Gasteiger partial charge in [0.25, 0.3) is 5.92 Å². The predicted molar refractivity (Wildman–Crippen MR) is 110 cm³/mol. The van der Waals surface area contributed by atoms with Gasteiger partial charge in [0.2, 0.25) is 12.3 Å². The molecule has 1 atom stereocenters. The molecule has 3 rings (SSSR count). The molecule has 1 fully saturated rings. The van der Waals surface area contributed by atoms with Gasteiger partial charge in [-0.15, -0.1) is 0 Å². The molecule has 1 unspecified atom stereocenters. The Bertz CT molecular complexity index is 869. The van der Waals surface area contributed by atoms with Crippen LogP contribution in [0.3, 0.4) is 0 Å². The Balaban J connectivity index is 1.81. The Morgan fingerprint density at radius 2 is 1.77 bits per heavy atom. The molecule has 0 spiro atoms. The molecule has 0 radical (unpaired) electrons. The number of rotatable bonds is 9. The summed E-state index contributed by atoms with van der Waals surface area (Å²) in [5, 5.41) is 2.56. The molecule has 1 saturated carbocycles. The number of alkyl halides is 2. The van der Waals surface area contributed by atoms with Crippen molar-refractivity contribution in [1.29, 1.82) is 0 Å². The molecule has 0 saturated heterocycles. The van der Waals surface area contributed by atoms with Crippen LogP contribution in [0, 0.1) is 11.6 Å². The number of anilines is 1. The van der Waals surface area contributed by atoms with Gasteiger partial charge in [-0.3, -0.25) is 9.59 Å². The molecule has 31 heavy (non-hydrogen) atoms. The number of halogens is 4. The number of hydrogen-bond acceptors (Lipinski definition) is 2. The molecule has 168 valence electrons. The van der Waals surface area contributed by atoms with Crippen LogP contribution in [-0.2, 0) is 9.59 Å². The van der Waals surface area contributed by atoms with E-state index in [9.17, 15) is 27.2 Å². The first-order valence-electron chi connectivity index (χ1n) is 10.5. The maximum absolute atomic E-state index is 13.7. The standard InChI is InChI=1S/C23H26F4N2O2/c1-2-15-5-3-4-6-16(15)7-8-21(22(31)28-19-12-23(26,27)13-19)29(14-30)20-10-17(24)9-18(25)11-20/h5-6,9-11,14,19,21H,2-4,7-8,12-13H2,1H3,(H,28,31). The normalized spacial score (nSPS) is 19.0. The summed E-state index contributed by atoms with van der Waals surface area (Å²) in [7, 11) is 0. The lowest BCUT2D eigenvalue weighted by molar-refractivity contribution is -0.131. The second kappa shape index (κ2) is 9.66. The van der Waals surface area contributed by atoms with Gasteiger partial charge in [0.05, 0.1) is 5.69 Å². The van der Waals surface area contributed by atoms with Crippen LogP contribution in [0.15, 0.2) is 41.5 Å². The van der Waals surface area contributed by atoms with Crippen LogP contribution in [0.5, 0.6) is 0 Å². The van der Waals surface area contributed by atoms with Gasteiger partial charge in [-0.05, 0) is 55.4 Å². The minimum absolute atomic E-state index is 0.101. The molecule has 2 amide bonds. The molecule has 1 aromatic carbocycles. The summed E-state index contributed by atoms with van der Waals surface area (Å²) in [5.74, 6) is -5.19. The maximum atomic E-state index is 13.7. The minimum atomic E-state index is -2.81. The van der Waals surface area contributed by atoms with Gasteiger partial charge in [-0.1, -0.05) is 19.1 Å². The van der Waals surface area contributed by atoms with Crippen LogP contribution in [0.2, 0.25) is 0 Å². The molecule has 0 aliphatic heterocycles. The molecule has 0 heterocycles. The van der Waals surface area contributed by atoms with Crippen LogP contribution in [0.25, 0.3) is 0 Å².